The van der Waals surface area contributed by atoms with Crippen LogP contribution in [0.4, 0.5) is 14.5 Å². The molecule has 1 aromatic heterocycles. The van der Waals surface area contributed by atoms with E-state index in [4.69, 9.17) is 4.74 Å². The van der Waals surface area contributed by atoms with Crippen molar-refractivity contribution in [3.8, 4) is 0 Å². The number of nitrogens with one attached hydrogen (secondary N) is 2. The number of hydrogen-bond acceptors (Lipinski definition) is 6. The van der Waals surface area contributed by atoms with Gasteiger partial charge in [0.15, 0.2) is 0 Å². The molecular formula is C19H16F2N4O3S. The fourth-order valence-corrected chi connectivity index (χ4v) is 2.96. The Labute approximate surface area is 168 Å². The Morgan fingerprint density at radius 3 is 2.55 bits per heavy atom. The van der Waals surface area contributed by atoms with Gasteiger partial charge in [-0.25, -0.2) is 8.78 Å². The summed E-state index contributed by atoms with van der Waals surface area (Å²) in [6.45, 7) is -0.0405. The van der Waals surface area contributed by atoms with Gasteiger partial charge in [-0.1, -0.05) is 29.5 Å². The number of benzene rings is 2. The third kappa shape index (κ3) is 6.40. The highest BCUT2D eigenvalue weighted by molar-refractivity contribution is 7.13. The zero-order chi connectivity index (χ0) is 20.6. The molecule has 0 fully saturated rings. The molecule has 1 heterocycles. The SMILES string of the molecule is O=C(COCc1nnc(C(=O)Nc2cccc(F)c2)s1)NCc1cccc(F)c1. The number of carbonyl (C=O) groups excluding carboxylic acids is 2. The Bertz CT molecular complexity index is 1010. The Balaban J connectivity index is 1.41. The molecule has 7 nitrogen and oxygen atoms in total. The molecule has 0 saturated heterocycles. The number of halogens is 2. The molecule has 150 valence electrons. The molecule has 0 radical (unpaired) electrons. The van der Waals surface area contributed by atoms with Crippen molar-refractivity contribution in [1.29, 1.82) is 0 Å². The smallest absolute Gasteiger partial charge is 0.286 e. The van der Waals surface area contributed by atoms with Crippen molar-refractivity contribution in [3.05, 3.63) is 75.7 Å². The molecule has 0 spiro atoms. The lowest BCUT2D eigenvalue weighted by molar-refractivity contribution is -0.126. The van der Waals surface area contributed by atoms with E-state index in [1.54, 1.807) is 18.2 Å². The van der Waals surface area contributed by atoms with E-state index in [1.165, 1.54) is 30.3 Å². The summed E-state index contributed by atoms with van der Waals surface area (Å²) in [4.78, 5) is 23.9. The summed E-state index contributed by atoms with van der Waals surface area (Å²) in [6.07, 6.45) is 0. The van der Waals surface area contributed by atoms with Gasteiger partial charge in [-0.2, -0.15) is 0 Å². The molecule has 0 aliphatic rings. The van der Waals surface area contributed by atoms with E-state index in [1.807, 2.05) is 0 Å². The van der Waals surface area contributed by atoms with E-state index in [0.717, 1.165) is 11.3 Å². The largest absolute Gasteiger partial charge is 0.364 e. The Hall–Kier alpha value is -3.24. The fourth-order valence-electron chi connectivity index (χ4n) is 2.28. The van der Waals surface area contributed by atoms with Crippen LogP contribution in [-0.2, 0) is 22.7 Å². The third-order valence-corrected chi connectivity index (χ3v) is 4.48. The van der Waals surface area contributed by atoms with Gasteiger partial charge >= 0.3 is 0 Å². The van der Waals surface area contributed by atoms with Gasteiger partial charge in [-0.3, -0.25) is 9.59 Å². The molecule has 0 bridgehead atoms. The highest BCUT2D eigenvalue weighted by Gasteiger charge is 2.14. The predicted octanol–water partition coefficient (Wildman–Crippen LogP) is 2.90. The van der Waals surface area contributed by atoms with E-state index in [0.29, 0.717) is 16.3 Å². The second-order valence-electron chi connectivity index (χ2n) is 5.86. The van der Waals surface area contributed by atoms with Crippen LogP contribution >= 0.6 is 11.3 Å². The number of ether oxygens (including phenoxy) is 1. The Morgan fingerprint density at radius 1 is 1.03 bits per heavy atom. The van der Waals surface area contributed by atoms with Crippen LogP contribution in [0.1, 0.15) is 20.4 Å². The molecule has 0 saturated carbocycles. The molecule has 0 aliphatic heterocycles. The van der Waals surface area contributed by atoms with Gasteiger partial charge in [0.2, 0.25) is 10.9 Å². The van der Waals surface area contributed by atoms with E-state index >= 15 is 0 Å². The number of amides is 2. The average molecular weight is 418 g/mol. The van der Waals surface area contributed by atoms with Crippen LogP contribution in [-0.4, -0.2) is 28.6 Å². The van der Waals surface area contributed by atoms with Crippen molar-refractivity contribution in [1.82, 2.24) is 15.5 Å². The van der Waals surface area contributed by atoms with Crippen LogP contribution < -0.4 is 10.6 Å². The summed E-state index contributed by atoms with van der Waals surface area (Å²) in [7, 11) is 0. The molecule has 29 heavy (non-hydrogen) atoms. The monoisotopic (exact) mass is 418 g/mol. The zero-order valence-corrected chi connectivity index (χ0v) is 15.8. The summed E-state index contributed by atoms with van der Waals surface area (Å²) >= 11 is 1.00. The number of nitrogens with zero attached hydrogens (tertiary/aromatic N) is 2. The number of carbonyl (C=O) groups is 2. The van der Waals surface area contributed by atoms with E-state index < -0.39 is 11.7 Å². The summed E-state index contributed by atoms with van der Waals surface area (Å²) in [5.41, 5.74) is 0.939. The van der Waals surface area contributed by atoms with Crippen LogP contribution in [0.25, 0.3) is 0 Å². The summed E-state index contributed by atoms with van der Waals surface area (Å²) in [5, 5.41) is 13.2. The van der Waals surface area contributed by atoms with E-state index in [2.05, 4.69) is 20.8 Å². The van der Waals surface area contributed by atoms with Crippen molar-refractivity contribution in [2.75, 3.05) is 11.9 Å². The third-order valence-electron chi connectivity index (χ3n) is 3.58. The molecule has 2 aromatic carbocycles. The van der Waals surface area contributed by atoms with Gasteiger partial charge < -0.3 is 15.4 Å². The zero-order valence-electron chi connectivity index (χ0n) is 15.0. The van der Waals surface area contributed by atoms with Gasteiger partial charge in [0, 0.05) is 12.2 Å². The maximum Gasteiger partial charge on any atom is 0.286 e. The van der Waals surface area contributed by atoms with Gasteiger partial charge in [0.05, 0.1) is 0 Å². The van der Waals surface area contributed by atoms with Crippen molar-refractivity contribution < 1.29 is 23.1 Å². The Morgan fingerprint density at radius 2 is 1.79 bits per heavy atom. The van der Waals surface area contributed by atoms with Gasteiger partial charge in [-0.05, 0) is 35.9 Å². The second kappa shape index (κ2) is 9.80. The van der Waals surface area contributed by atoms with Gasteiger partial charge in [0.1, 0.15) is 29.9 Å². The quantitative estimate of drug-likeness (QED) is 0.587. The first kappa shape index (κ1) is 20.5. The minimum absolute atomic E-state index is 0.00169. The minimum Gasteiger partial charge on any atom is -0.364 e. The molecule has 0 unspecified atom stereocenters. The molecule has 2 N–H and O–H groups in total. The molecular weight excluding hydrogens is 402 g/mol. The molecule has 2 amide bonds. The highest BCUT2D eigenvalue weighted by atomic mass is 32.1. The minimum atomic E-state index is -0.521. The highest BCUT2D eigenvalue weighted by Crippen LogP contribution is 2.15. The number of aromatic nitrogens is 2. The van der Waals surface area contributed by atoms with E-state index in [9.17, 15) is 18.4 Å². The van der Waals surface area contributed by atoms with Crippen molar-refractivity contribution >= 4 is 28.8 Å². The van der Waals surface area contributed by atoms with Crippen LogP contribution in [0.15, 0.2) is 48.5 Å². The first-order chi connectivity index (χ1) is 14.0. The van der Waals surface area contributed by atoms with Crippen LogP contribution in [0.2, 0.25) is 0 Å². The van der Waals surface area contributed by atoms with Crippen LogP contribution in [0.5, 0.6) is 0 Å². The lowest BCUT2D eigenvalue weighted by atomic mass is 10.2. The van der Waals surface area contributed by atoms with E-state index in [-0.39, 0.29) is 36.5 Å². The maximum atomic E-state index is 13.2. The topological polar surface area (TPSA) is 93.2 Å². The van der Waals surface area contributed by atoms with Crippen LogP contribution in [0.3, 0.4) is 0 Å². The average Bonchev–Trinajstić information content (AvgIpc) is 3.16. The second-order valence-corrected chi connectivity index (χ2v) is 6.93. The predicted molar refractivity (Wildman–Crippen MR) is 102 cm³/mol. The number of rotatable bonds is 8. The van der Waals surface area contributed by atoms with Crippen molar-refractivity contribution in [2.24, 2.45) is 0 Å². The first-order valence-electron chi connectivity index (χ1n) is 8.48. The Kier molecular flexibility index (Phi) is 6.93. The van der Waals surface area contributed by atoms with Crippen molar-refractivity contribution in [2.45, 2.75) is 13.2 Å². The molecule has 0 aliphatic carbocycles. The lowest BCUT2D eigenvalue weighted by Gasteiger charge is -2.05. The molecule has 10 heteroatoms. The number of hydrogen-bond donors (Lipinski definition) is 2. The summed E-state index contributed by atoms with van der Waals surface area (Å²) in [6, 6.07) is 11.4. The summed E-state index contributed by atoms with van der Waals surface area (Å²) < 4.78 is 31.5. The maximum absolute atomic E-state index is 13.2. The standard InChI is InChI=1S/C19H16F2N4O3S/c20-13-4-1-3-12(7-13)9-22-16(26)10-28-11-17-24-25-19(29-17)18(27)23-15-6-2-5-14(21)8-15/h1-8H,9-11H2,(H,22,26)(H,23,27). The van der Waals surface area contributed by atoms with Gasteiger partial charge in [-0.15, -0.1) is 10.2 Å². The first-order valence-corrected chi connectivity index (χ1v) is 9.29. The lowest BCUT2D eigenvalue weighted by Crippen LogP contribution is -2.27. The van der Waals surface area contributed by atoms with Gasteiger partial charge in [0.25, 0.3) is 5.91 Å². The number of anilines is 1. The normalized spacial score (nSPS) is 10.6. The van der Waals surface area contributed by atoms with Crippen LogP contribution in [0, 0.1) is 11.6 Å². The molecule has 0 atom stereocenters. The van der Waals surface area contributed by atoms with Crippen molar-refractivity contribution in [3.63, 3.8) is 0 Å². The molecule has 3 rings (SSSR count). The molecule has 3 aromatic rings. The fraction of sp³-hybridized carbons (Fsp3) is 0.158. The summed E-state index contributed by atoms with van der Waals surface area (Å²) in [5.74, 6) is -1.73.